The lowest BCUT2D eigenvalue weighted by Gasteiger charge is -2.08. The molecule has 0 spiro atoms. The molecule has 0 aliphatic carbocycles. The van der Waals surface area contributed by atoms with Gasteiger partial charge in [-0.2, -0.15) is 0 Å². The number of halogens is 1. The minimum atomic E-state index is -0.211. The van der Waals surface area contributed by atoms with Gasteiger partial charge in [0.05, 0.1) is 12.0 Å². The third-order valence-electron chi connectivity index (χ3n) is 3.73. The SMILES string of the molecule is COc1ccccc1CCNCc1ncc(-c2ccccc2F)s1. The number of nitrogens with one attached hydrogen (secondary N) is 1. The van der Waals surface area contributed by atoms with Crippen molar-refractivity contribution >= 4 is 11.3 Å². The summed E-state index contributed by atoms with van der Waals surface area (Å²) < 4.78 is 19.2. The predicted octanol–water partition coefficient (Wildman–Crippen LogP) is 4.29. The molecule has 0 amide bonds. The summed E-state index contributed by atoms with van der Waals surface area (Å²) in [5.74, 6) is 0.701. The molecule has 1 aromatic heterocycles. The lowest BCUT2D eigenvalue weighted by Crippen LogP contribution is -2.16. The Labute approximate surface area is 145 Å². The van der Waals surface area contributed by atoms with Crippen LogP contribution < -0.4 is 10.1 Å². The summed E-state index contributed by atoms with van der Waals surface area (Å²) in [7, 11) is 1.69. The van der Waals surface area contributed by atoms with E-state index in [1.54, 1.807) is 25.4 Å². The molecular formula is C19H19FN2OS. The summed E-state index contributed by atoms with van der Waals surface area (Å²) in [6.07, 6.45) is 2.62. The van der Waals surface area contributed by atoms with E-state index in [0.29, 0.717) is 12.1 Å². The highest BCUT2D eigenvalue weighted by atomic mass is 32.1. The maximum atomic E-state index is 13.8. The molecule has 0 saturated carbocycles. The lowest BCUT2D eigenvalue weighted by atomic mass is 10.1. The smallest absolute Gasteiger partial charge is 0.131 e. The van der Waals surface area contributed by atoms with Crippen LogP contribution in [0, 0.1) is 5.82 Å². The molecule has 5 heteroatoms. The largest absolute Gasteiger partial charge is 0.496 e. The van der Waals surface area contributed by atoms with E-state index >= 15 is 0 Å². The van der Waals surface area contributed by atoms with Crippen molar-refractivity contribution in [3.63, 3.8) is 0 Å². The first-order valence-electron chi connectivity index (χ1n) is 7.80. The van der Waals surface area contributed by atoms with Crippen molar-refractivity contribution in [3.8, 4) is 16.2 Å². The molecule has 0 saturated heterocycles. The highest BCUT2D eigenvalue weighted by molar-refractivity contribution is 7.15. The minimum Gasteiger partial charge on any atom is -0.496 e. The van der Waals surface area contributed by atoms with Crippen LogP contribution in [0.15, 0.2) is 54.7 Å². The van der Waals surface area contributed by atoms with Crippen LogP contribution in [-0.2, 0) is 13.0 Å². The second kappa shape index (κ2) is 8.04. The Morgan fingerprint density at radius 3 is 2.75 bits per heavy atom. The molecule has 2 aromatic carbocycles. The fourth-order valence-corrected chi connectivity index (χ4v) is 3.42. The summed E-state index contributed by atoms with van der Waals surface area (Å²) in [6.45, 7) is 1.50. The van der Waals surface area contributed by atoms with Crippen LogP contribution in [0.2, 0.25) is 0 Å². The van der Waals surface area contributed by atoms with Gasteiger partial charge in [-0.1, -0.05) is 36.4 Å². The first kappa shape index (κ1) is 16.6. The summed E-state index contributed by atoms with van der Waals surface area (Å²) >= 11 is 1.52. The minimum absolute atomic E-state index is 0.211. The molecule has 0 radical (unpaired) electrons. The quantitative estimate of drug-likeness (QED) is 0.651. The Balaban J connectivity index is 1.54. The molecule has 0 unspecified atom stereocenters. The monoisotopic (exact) mass is 342 g/mol. The maximum absolute atomic E-state index is 13.8. The number of methoxy groups -OCH3 is 1. The molecule has 0 bridgehead atoms. The van der Waals surface area contributed by atoms with E-state index in [-0.39, 0.29) is 5.82 Å². The number of ether oxygens (including phenoxy) is 1. The average molecular weight is 342 g/mol. The van der Waals surface area contributed by atoms with Gasteiger partial charge in [-0.15, -0.1) is 11.3 Å². The topological polar surface area (TPSA) is 34.1 Å². The van der Waals surface area contributed by atoms with Crippen molar-refractivity contribution in [2.75, 3.05) is 13.7 Å². The fraction of sp³-hybridized carbons (Fsp3) is 0.211. The van der Waals surface area contributed by atoms with Gasteiger partial charge >= 0.3 is 0 Å². The number of benzene rings is 2. The molecule has 0 fully saturated rings. The summed E-state index contributed by atoms with van der Waals surface area (Å²) in [5.41, 5.74) is 1.79. The number of hydrogen-bond acceptors (Lipinski definition) is 4. The van der Waals surface area contributed by atoms with Crippen LogP contribution in [-0.4, -0.2) is 18.6 Å². The van der Waals surface area contributed by atoms with Crippen LogP contribution in [0.5, 0.6) is 5.75 Å². The van der Waals surface area contributed by atoms with Crippen LogP contribution in [0.3, 0.4) is 0 Å². The zero-order valence-electron chi connectivity index (χ0n) is 13.5. The molecule has 3 aromatic rings. The number of thiazole rings is 1. The Morgan fingerprint density at radius 1 is 1.12 bits per heavy atom. The van der Waals surface area contributed by atoms with E-state index in [1.165, 1.54) is 23.0 Å². The molecule has 1 heterocycles. The molecule has 24 heavy (non-hydrogen) atoms. The Hall–Kier alpha value is -2.24. The lowest BCUT2D eigenvalue weighted by molar-refractivity contribution is 0.409. The third-order valence-corrected chi connectivity index (χ3v) is 4.76. The summed E-state index contributed by atoms with van der Waals surface area (Å²) in [4.78, 5) is 5.23. The highest BCUT2D eigenvalue weighted by Crippen LogP contribution is 2.28. The van der Waals surface area contributed by atoms with Gasteiger partial charge in [0.15, 0.2) is 0 Å². The van der Waals surface area contributed by atoms with E-state index in [0.717, 1.165) is 28.6 Å². The van der Waals surface area contributed by atoms with Crippen molar-refractivity contribution in [2.45, 2.75) is 13.0 Å². The van der Waals surface area contributed by atoms with Gasteiger partial charge in [0, 0.05) is 18.3 Å². The maximum Gasteiger partial charge on any atom is 0.131 e. The van der Waals surface area contributed by atoms with E-state index in [2.05, 4.69) is 16.4 Å². The second-order valence-electron chi connectivity index (χ2n) is 5.34. The number of hydrogen-bond donors (Lipinski definition) is 1. The highest BCUT2D eigenvalue weighted by Gasteiger charge is 2.08. The van der Waals surface area contributed by atoms with Gasteiger partial charge in [-0.25, -0.2) is 9.37 Å². The molecule has 0 aliphatic rings. The van der Waals surface area contributed by atoms with Gasteiger partial charge in [-0.3, -0.25) is 0 Å². The number of rotatable bonds is 7. The molecule has 0 aliphatic heterocycles. The van der Waals surface area contributed by atoms with Crippen molar-refractivity contribution in [1.82, 2.24) is 10.3 Å². The van der Waals surface area contributed by atoms with Gasteiger partial charge in [0.2, 0.25) is 0 Å². The fourth-order valence-electron chi connectivity index (χ4n) is 2.51. The van der Waals surface area contributed by atoms with Crippen molar-refractivity contribution < 1.29 is 9.13 Å². The zero-order chi connectivity index (χ0) is 16.8. The van der Waals surface area contributed by atoms with E-state index in [9.17, 15) is 4.39 Å². The van der Waals surface area contributed by atoms with Crippen LogP contribution in [0.25, 0.3) is 10.4 Å². The molecule has 0 atom stereocenters. The third kappa shape index (κ3) is 3.99. The second-order valence-corrected chi connectivity index (χ2v) is 6.45. The predicted molar refractivity (Wildman–Crippen MR) is 95.9 cm³/mol. The van der Waals surface area contributed by atoms with E-state index < -0.39 is 0 Å². The summed E-state index contributed by atoms with van der Waals surface area (Å²) in [6, 6.07) is 14.8. The van der Waals surface area contributed by atoms with E-state index in [1.807, 2.05) is 24.3 Å². The zero-order valence-corrected chi connectivity index (χ0v) is 14.3. The number of nitrogens with zero attached hydrogens (tertiary/aromatic N) is 1. The molecule has 3 nitrogen and oxygen atoms in total. The van der Waals surface area contributed by atoms with Crippen LogP contribution in [0.1, 0.15) is 10.6 Å². The normalized spacial score (nSPS) is 10.8. The average Bonchev–Trinajstić information content (AvgIpc) is 3.08. The standard InChI is InChI=1S/C19H19FN2OS/c1-23-17-9-5-2-6-14(17)10-11-21-13-19-22-12-18(24-19)15-7-3-4-8-16(15)20/h2-9,12,21H,10-11,13H2,1H3. The first-order chi connectivity index (χ1) is 11.8. The van der Waals surface area contributed by atoms with Crippen LogP contribution >= 0.6 is 11.3 Å². The Bertz CT molecular complexity index is 803. The molecular weight excluding hydrogens is 323 g/mol. The molecule has 1 N–H and O–H groups in total. The Morgan fingerprint density at radius 2 is 1.92 bits per heavy atom. The van der Waals surface area contributed by atoms with Gasteiger partial charge in [0.1, 0.15) is 16.6 Å². The molecule has 3 rings (SSSR count). The number of para-hydroxylation sites is 1. The van der Waals surface area contributed by atoms with E-state index in [4.69, 9.17) is 4.74 Å². The number of aromatic nitrogens is 1. The van der Waals surface area contributed by atoms with Crippen LogP contribution in [0.4, 0.5) is 4.39 Å². The van der Waals surface area contributed by atoms with Crippen molar-refractivity contribution in [2.24, 2.45) is 0 Å². The van der Waals surface area contributed by atoms with Crippen molar-refractivity contribution in [1.29, 1.82) is 0 Å². The first-order valence-corrected chi connectivity index (χ1v) is 8.62. The van der Waals surface area contributed by atoms with Gasteiger partial charge in [0.25, 0.3) is 0 Å². The Kier molecular flexibility index (Phi) is 5.56. The summed E-state index contributed by atoms with van der Waals surface area (Å²) in [5, 5.41) is 4.33. The molecule has 124 valence electrons. The van der Waals surface area contributed by atoms with Gasteiger partial charge in [-0.05, 0) is 30.7 Å². The van der Waals surface area contributed by atoms with Gasteiger partial charge < -0.3 is 10.1 Å². The van der Waals surface area contributed by atoms with Crippen molar-refractivity contribution in [3.05, 3.63) is 71.1 Å².